The molecule has 2 N–H and O–H groups in total. The van der Waals surface area contributed by atoms with E-state index in [9.17, 15) is 19.5 Å². The summed E-state index contributed by atoms with van der Waals surface area (Å²) in [6, 6.07) is 4.84. The second-order valence-corrected chi connectivity index (χ2v) is 4.78. The van der Waals surface area contributed by atoms with Gasteiger partial charge in [-0.05, 0) is 30.5 Å². The van der Waals surface area contributed by atoms with Gasteiger partial charge < -0.3 is 10.4 Å². The van der Waals surface area contributed by atoms with Crippen LogP contribution in [0.3, 0.4) is 0 Å². The van der Waals surface area contributed by atoms with Gasteiger partial charge in [0.1, 0.15) is 0 Å². The van der Waals surface area contributed by atoms with Gasteiger partial charge in [0.15, 0.2) is 0 Å². The molecule has 0 radical (unpaired) electrons. The summed E-state index contributed by atoms with van der Waals surface area (Å²) in [5, 5.41) is 11.8. The molecule has 2 aliphatic rings. The minimum Gasteiger partial charge on any atom is -0.481 e. The largest absolute Gasteiger partial charge is 0.481 e. The molecule has 3 rings (SSSR count). The zero-order valence-corrected chi connectivity index (χ0v) is 9.53. The monoisotopic (exact) mass is 245 g/mol. The first kappa shape index (κ1) is 11.0. The third-order valence-corrected chi connectivity index (χ3v) is 3.89. The van der Waals surface area contributed by atoms with Crippen molar-refractivity contribution in [1.82, 2.24) is 0 Å². The van der Waals surface area contributed by atoms with Gasteiger partial charge in [-0.25, -0.2) is 0 Å². The maximum absolute atomic E-state index is 11.6. The predicted molar refractivity (Wildman–Crippen MR) is 62.6 cm³/mol. The molecule has 0 atom stereocenters. The van der Waals surface area contributed by atoms with E-state index in [-0.39, 0.29) is 5.56 Å². The van der Waals surface area contributed by atoms with Crippen LogP contribution in [0.5, 0.6) is 0 Å². The first-order valence-corrected chi connectivity index (χ1v) is 5.78. The van der Waals surface area contributed by atoms with E-state index in [1.54, 1.807) is 18.2 Å². The fraction of sp³-hybridized carbons (Fsp3) is 0.308. The Morgan fingerprint density at radius 1 is 1.28 bits per heavy atom. The van der Waals surface area contributed by atoms with Gasteiger partial charge >= 0.3 is 5.97 Å². The van der Waals surface area contributed by atoms with Crippen LogP contribution in [-0.2, 0) is 15.0 Å². The average molecular weight is 245 g/mol. The summed E-state index contributed by atoms with van der Waals surface area (Å²) < 4.78 is 0. The Morgan fingerprint density at radius 3 is 2.56 bits per heavy atom. The molecule has 1 heterocycles. The van der Waals surface area contributed by atoms with Gasteiger partial charge in [0, 0.05) is 0 Å². The summed E-state index contributed by atoms with van der Waals surface area (Å²) in [5.74, 6) is -2.11. The molecule has 5 nitrogen and oxygen atoms in total. The van der Waals surface area contributed by atoms with E-state index in [4.69, 9.17) is 0 Å². The number of hydrogen-bond acceptors (Lipinski definition) is 3. The van der Waals surface area contributed by atoms with Crippen molar-refractivity contribution < 1.29 is 19.5 Å². The molecule has 1 fully saturated rings. The number of carbonyl (C=O) groups is 3. The number of aliphatic carboxylic acids is 1. The quantitative estimate of drug-likeness (QED) is 0.770. The van der Waals surface area contributed by atoms with E-state index < -0.39 is 23.1 Å². The number of benzene rings is 1. The van der Waals surface area contributed by atoms with Crippen molar-refractivity contribution in [1.29, 1.82) is 0 Å². The molecule has 1 saturated carbocycles. The summed E-state index contributed by atoms with van der Waals surface area (Å²) in [6.07, 6.45) is 2.03. The lowest BCUT2D eigenvalue weighted by molar-refractivity contribution is -0.147. The fourth-order valence-electron chi connectivity index (χ4n) is 2.60. The van der Waals surface area contributed by atoms with Gasteiger partial charge in [-0.3, -0.25) is 14.4 Å². The van der Waals surface area contributed by atoms with Crippen LogP contribution >= 0.6 is 0 Å². The van der Waals surface area contributed by atoms with Crippen LogP contribution in [0, 0.1) is 0 Å². The molecular weight excluding hydrogens is 234 g/mol. The van der Waals surface area contributed by atoms with Crippen molar-refractivity contribution in [2.45, 2.75) is 24.7 Å². The Morgan fingerprint density at radius 2 is 2.00 bits per heavy atom. The number of hydrogen-bond donors (Lipinski definition) is 2. The lowest BCUT2D eigenvalue weighted by atomic mass is 9.64. The topological polar surface area (TPSA) is 83.5 Å². The number of rotatable bonds is 2. The van der Waals surface area contributed by atoms with Gasteiger partial charge in [0.05, 0.1) is 16.7 Å². The molecular formula is C13H11NO4. The Balaban J connectivity index is 2.09. The van der Waals surface area contributed by atoms with Crippen LogP contribution in [0.25, 0.3) is 0 Å². The molecule has 92 valence electrons. The minimum atomic E-state index is -0.874. The summed E-state index contributed by atoms with van der Waals surface area (Å²) in [5.41, 5.74) is 0.490. The summed E-state index contributed by atoms with van der Waals surface area (Å²) in [7, 11) is 0. The number of carboxylic acid groups (broad SMARTS) is 1. The Labute approximate surface area is 103 Å². The van der Waals surface area contributed by atoms with Gasteiger partial charge in [-0.1, -0.05) is 12.5 Å². The van der Waals surface area contributed by atoms with E-state index in [2.05, 4.69) is 5.32 Å². The normalized spacial score (nSPS) is 20.0. The second-order valence-electron chi connectivity index (χ2n) is 4.78. The van der Waals surface area contributed by atoms with Crippen LogP contribution < -0.4 is 5.32 Å². The molecule has 1 aromatic carbocycles. The third kappa shape index (κ3) is 1.24. The maximum atomic E-state index is 11.6. The lowest BCUT2D eigenvalue weighted by Gasteiger charge is -2.38. The molecule has 1 aliphatic carbocycles. The Hall–Kier alpha value is -2.17. The Kier molecular flexibility index (Phi) is 2.08. The van der Waals surface area contributed by atoms with E-state index in [0.29, 0.717) is 24.1 Å². The first-order valence-electron chi connectivity index (χ1n) is 5.78. The molecule has 0 saturated heterocycles. The molecule has 1 amide bonds. The number of carboxylic acids is 1. The highest BCUT2D eigenvalue weighted by molar-refractivity contribution is 6.51. The van der Waals surface area contributed by atoms with Crippen LogP contribution in [0.2, 0.25) is 0 Å². The van der Waals surface area contributed by atoms with Gasteiger partial charge in [-0.2, -0.15) is 0 Å². The van der Waals surface area contributed by atoms with E-state index in [0.717, 1.165) is 6.42 Å². The third-order valence-electron chi connectivity index (χ3n) is 3.89. The highest BCUT2D eigenvalue weighted by atomic mass is 16.4. The number of nitrogens with one attached hydrogen (secondary N) is 1. The van der Waals surface area contributed by atoms with Crippen LogP contribution in [0.1, 0.15) is 35.2 Å². The number of anilines is 1. The molecule has 5 heteroatoms. The molecule has 0 spiro atoms. The molecule has 1 aliphatic heterocycles. The van der Waals surface area contributed by atoms with Crippen molar-refractivity contribution in [3.05, 3.63) is 29.3 Å². The summed E-state index contributed by atoms with van der Waals surface area (Å²) in [4.78, 5) is 34.2. The van der Waals surface area contributed by atoms with Crippen molar-refractivity contribution in [3.8, 4) is 0 Å². The molecule has 18 heavy (non-hydrogen) atoms. The smallest absolute Gasteiger partial charge is 0.314 e. The number of Topliss-reactive ketones (excluding diaryl/α,β-unsaturated/α-hetero) is 1. The van der Waals surface area contributed by atoms with Gasteiger partial charge in [0.2, 0.25) is 0 Å². The highest BCUT2D eigenvalue weighted by Crippen LogP contribution is 2.45. The molecule has 0 bridgehead atoms. The molecule has 0 aromatic heterocycles. The van der Waals surface area contributed by atoms with Crippen molar-refractivity contribution in [2.24, 2.45) is 0 Å². The summed E-state index contributed by atoms with van der Waals surface area (Å²) >= 11 is 0. The van der Waals surface area contributed by atoms with Crippen LogP contribution in [0.15, 0.2) is 18.2 Å². The lowest BCUT2D eigenvalue weighted by Crippen LogP contribution is -2.42. The van der Waals surface area contributed by atoms with Crippen molar-refractivity contribution >= 4 is 23.3 Å². The zero-order valence-electron chi connectivity index (χ0n) is 9.53. The number of carbonyl (C=O) groups excluding carboxylic acids is 2. The average Bonchev–Trinajstić information content (AvgIpc) is 2.53. The fourth-order valence-corrected chi connectivity index (χ4v) is 2.60. The van der Waals surface area contributed by atoms with Gasteiger partial charge in [0.25, 0.3) is 11.7 Å². The highest BCUT2D eigenvalue weighted by Gasteiger charge is 2.46. The number of fused-ring (bicyclic) bond motifs is 1. The number of ketones is 1. The maximum Gasteiger partial charge on any atom is 0.314 e. The second kappa shape index (κ2) is 3.41. The SMILES string of the molecule is O=C1Nc2ccc(C3(C(=O)O)CCC3)cc2C1=O. The standard InChI is InChI=1S/C13H11NO4/c15-10-8-6-7(2-3-9(8)14-11(10)16)13(12(17)18)4-1-5-13/h2-3,6H,1,4-5H2,(H,17,18)(H,14,15,16). The van der Waals surface area contributed by atoms with Gasteiger partial charge in [-0.15, -0.1) is 0 Å². The van der Waals surface area contributed by atoms with E-state index in [1.165, 1.54) is 0 Å². The van der Waals surface area contributed by atoms with Crippen molar-refractivity contribution in [2.75, 3.05) is 5.32 Å². The molecule has 1 aromatic rings. The Bertz CT molecular complexity index is 587. The van der Waals surface area contributed by atoms with Crippen molar-refractivity contribution in [3.63, 3.8) is 0 Å². The van der Waals surface area contributed by atoms with E-state index in [1.807, 2.05) is 0 Å². The van der Waals surface area contributed by atoms with Crippen LogP contribution in [0.4, 0.5) is 5.69 Å². The number of amides is 1. The van der Waals surface area contributed by atoms with Crippen LogP contribution in [-0.4, -0.2) is 22.8 Å². The predicted octanol–water partition coefficient (Wildman–Crippen LogP) is 1.33. The first-order chi connectivity index (χ1) is 8.54. The summed E-state index contributed by atoms with van der Waals surface area (Å²) in [6.45, 7) is 0. The minimum absolute atomic E-state index is 0.282. The van der Waals surface area contributed by atoms with E-state index >= 15 is 0 Å². The molecule has 0 unspecified atom stereocenters. The zero-order chi connectivity index (χ0) is 12.9.